The van der Waals surface area contributed by atoms with Gasteiger partial charge in [-0.3, -0.25) is 14.7 Å². The smallest absolute Gasteiger partial charge is 0.348 e. The highest BCUT2D eigenvalue weighted by Crippen LogP contribution is 2.33. The van der Waals surface area contributed by atoms with Crippen LogP contribution in [0.2, 0.25) is 0 Å². The van der Waals surface area contributed by atoms with E-state index in [4.69, 9.17) is 4.74 Å². The first-order valence-electron chi connectivity index (χ1n) is 9.76. The molecule has 1 aromatic carbocycles. The van der Waals surface area contributed by atoms with E-state index in [2.05, 4.69) is 25.8 Å². The molecule has 0 aliphatic carbocycles. The predicted molar refractivity (Wildman–Crippen MR) is 125 cm³/mol. The monoisotopic (exact) mass is 484 g/mol. The Labute approximate surface area is 197 Å². The lowest BCUT2D eigenvalue weighted by Gasteiger charge is -2.02. The molecule has 12 heteroatoms. The van der Waals surface area contributed by atoms with Gasteiger partial charge in [0.1, 0.15) is 15.9 Å². The van der Waals surface area contributed by atoms with Crippen molar-refractivity contribution >= 4 is 51.6 Å². The predicted octanol–water partition coefficient (Wildman–Crippen LogP) is 3.58. The van der Waals surface area contributed by atoms with Crippen molar-refractivity contribution in [3.05, 3.63) is 40.3 Å². The van der Waals surface area contributed by atoms with Crippen LogP contribution in [-0.4, -0.2) is 45.3 Å². The summed E-state index contributed by atoms with van der Waals surface area (Å²) in [6, 6.07) is 9.10. The lowest BCUT2D eigenvalue weighted by Crippen LogP contribution is -2.14. The number of esters is 1. The van der Waals surface area contributed by atoms with Crippen LogP contribution in [-0.2, 0) is 14.3 Å². The zero-order valence-electron chi connectivity index (χ0n) is 18.0. The summed E-state index contributed by atoms with van der Waals surface area (Å²) in [7, 11) is 0. The normalized spacial score (nSPS) is 10.4. The Morgan fingerprint density at radius 1 is 1.24 bits per heavy atom. The van der Waals surface area contributed by atoms with Crippen molar-refractivity contribution < 1.29 is 19.1 Å². The molecule has 2 heterocycles. The second kappa shape index (κ2) is 10.8. The number of benzene rings is 1. The first kappa shape index (κ1) is 24.0. The topological polar surface area (TPSA) is 150 Å². The van der Waals surface area contributed by atoms with Crippen LogP contribution in [0.4, 0.5) is 10.7 Å². The average molecular weight is 485 g/mol. The summed E-state index contributed by atoms with van der Waals surface area (Å²) in [5.74, 6) is -0.512. The molecule has 0 spiro atoms. The molecular formula is C21H20N6O4S2. The lowest BCUT2D eigenvalue weighted by molar-refractivity contribution is -0.114. The van der Waals surface area contributed by atoms with E-state index in [1.807, 2.05) is 6.07 Å². The summed E-state index contributed by atoms with van der Waals surface area (Å²) in [5.41, 5.74) is 2.16. The van der Waals surface area contributed by atoms with Crippen molar-refractivity contribution in [3.8, 4) is 17.5 Å². The van der Waals surface area contributed by atoms with Gasteiger partial charge in [0, 0.05) is 18.2 Å². The van der Waals surface area contributed by atoms with E-state index < -0.39 is 5.97 Å². The van der Waals surface area contributed by atoms with Gasteiger partial charge in [0.2, 0.25) is 17.0 Å². The number of nitrogens with one attached hydrogen (secondary N) is 3. The van der Waals surface area contributed by atoms with Crippen LogP contribution in [0.25, 0.3) is 11.4 Å². The molecule has 0 bridgehead atoms. The Bertz CT molecular complexity index is 1230. The molecule has 3 aromatic rings. The maximum atomic E-state index is 12.4. The molecule has 2 aromatic heterocycles. The summed E-state index contributed by atoms with van der Waals surface area (Å²) in [4.78, 5) is 40.2. The summed E-state index contributed by atoms with van der Waals surface area (Å²) in [5, 5.41) is 22.4. The van der Waals surface area contributed by atoms with Crippen molar-refractivity contribution in [1.29, 1.82) is 5.26 Å². The molecule has 10 nitrogen and oxygen atoms in total. The van der Waals surface area contributed by atoms with E-state index in [0.717, 1.165) is 28.7 Å². The van der Waals surface area contributed by atoms with Crippen LogP contribution < -0.4 is 10.6 Å². The highest BCUT2D eigenvalue weighted by Gasteiger charge is 2.22. The van der Waals surface area contributed by atoms with Crippen molar-refractivity contribution in [2.75, 3.05) is 23.0 Å². The Kier molecular flexibility index (Phi) is 7.81. The second-order valence-electron chi connectivity index (χ2n) is 6.65. The summed E-state index contributed by atoms with van der Waals surface area (Å²) < 4.78 is 5.00. The van der Waals surface area contributed by atoms with E-state index in [1.165, 1.54) is 6.92 Å². The third kappa shape index (κ3) is 5.97. The maximum Gasteiger partial charge on any atom is 0.348 e. The number of carbonyl (C=O) groups excluding carboxylic acids is 3. The van der Waals surface area contributed by atoms with Crippen molar-refractivity contribution in [1.82, 2.24) is 15.2 Å². The molecule has 3 N–H and O–H groups in total. The Balaban J connectivity index is 1.62. The largest absolute Gasteiger partial charge is 0.462 e. The minimum Gasteiger partial charge on any atom is -0.462 e. The number of H-pyrrole nitrogens is 1. The third-order valence-corrected chi connectivity index (χ3v) is 6.28. The number of ether oxygens (including phenoxy) is 1. The Morgan fingerprint density at radius 3 is 2.61 bits per heavy atom. The summed E-state index contributed by atoms with van der Waals surface area (Å²) in [6.07, 6.45) is 0. The van der Waals surface area contributed by atoms with Gasteiger partial charge < -0.3 is 15.4 Å². The van der Waals surface area contributed by atoms with Gasteiger partial charge in [0.25, 0.3) is 0 Å². The fourth-order valence-electron chi connectivity index (χ4n) is 2.78. The SMILES string of the molecule is CCOC(=O)c1sc(NC(=O)CSc2n[nH]c(-c3ccc(NC(C)=O)cc3)n2)c(C#N)c1C. The van der Waals surface area contributed by atoms with Crippen LogP contribution >= 0.6 is 23.1 Å². The third-order valence-electron chi connectivity index (χ3n) is 4.25. The van der Waals surface area contributed by atoms with E-state index in [1.54, 1.807) is 38.1 Å². The Hall–Kier alpha value is -3.69. The molecule has 33 heavy (non-hydrogen) atoms. The number of hydrogen-bond acceptors (Lipinski definition) is 9. The minimum absolute atomic E-state index is 0.00924. The number of carbonyl (C=O) groups is 3. The van der Waals surface area contributed by atoms with Crippen LogP contribution in [0.1, 0.15) is 34.6 Å². The molecule has 0 atom stereocenters. The van der Waals surface area contributed by atoms with Crippen LogP contribution in [0.15, 0.2) is 29.4 Å². The van der Waals surface area contributed by atoms with E-state index in [9.17, 15) is 19.6 Å². The fraction of sp³-hybridized carbons (Fsp3) is 0.238. The number of nitriles is 1. The van der Waals surface area contributed by atoms with E-state index in [0.29, 0.717) is 32.1 Å². The molecule has 0 saturated carbocycles. The number of aromatic amines is 1. The van der Waals surface area contributed by atoms with Gasteiger partial charge in [-0.1, -0.05) is 11.8 Å². The van der Waals surface area contributed by atoms with Crippen molar-refractivity contribution in [3.63, 3.8) is 0 Å². The van der Waals surface area contributed by atoms with Gasteiger partial charge in [0.05, 0.1) is 17.9 Å². The quantitative estimate of drug-likeness (QED) is 0.324. The van der Waals surface area contributed by atoms with Gasteiger partial charge in [-0.2, -0.15) is 5.26 Å². The molecular weight excluding hydrogens is 464 g/mol. The maximum absolute atomic E-state index is 12.4. The zero-order valence-corrected chi connectivity index (χ0v) is 19.6. The molecule has 0 saturated heterocycles. The number of anilines is 2. The molecule has 0 unspecified atom stereocenters. The first-order chi connectivity index (χ1) is 15.8. The molecule has 0 fully saturated rings. The van der Waals surface area contributed by atoms with Crippen molar-refractivity contribution in [2.24, 2.45) is 0 Å². The highest BCUT2D eigenvalue weighted by molar-refractivity contribution is 7.99. The number of thiophene rings is 1. The zero-order chi connectivity index (χ0) is 24.0. The van der Waals surface area contributed by atoms with Crippen molar-refractivity contribution in [2.45, 2.75) is 25.9 Å². The van der Waals surface area contributed by atoms with Gasteiger partial charge in [-0.25, -0.2) is 9.78 Å². The van der Waals surface area contributed by atoms with Crippen LogP contribution in [0.3, 0.4) is 0 Å². The van der Waals surface area contributed by atoms with E-state index >= 15 is 0 Å². The van der Waals surface area contributed by atoms with E-state index in [-0.39, 0.29) is 29.7 Å². The first-order valence-corrected chi connectivity index (χ1v) is 11.6. The molecule has 2 amide bonds. The number of amides is 2. The van der Waals surface area contributed by atoms with Gasteiger partial charge in [-0.15, -0.1) is 16.4 Å². The lowest BCUT2D eigenvalue weighted by atomic mass is 10.2. The highest BCUT2D eigenvalue weighted by atomic mass is 32.2. The number of aromatic nitrogens is 3. The standard InChI is InChI=1S/C21H20N6O4S2/c1-4-31-20(30)17-11(2)15(9-22)19(33-17)24-16(29)10-32-21-25-18(26-27-21)13-5-7-14(8-6-13)23-12(3)28/h5-8H,4,10H2,1-3H3,(H,23,28)(H,24,29)(H,25,26,27). The molecule has 0 aliphatic heterocycles. The summed E-state index contributed by atoms with van der Waals surface area (Å²) >= 11 is 2.13. The molecule has 0 radical (unpaired) electrons. The summed E-state index contributed by atoms with van der Waals surface area (Å²) in [6.45, 7) is 4.99. The number of hydrogen-bond donors (Lipinski definition) is 3. The van der Waals surface area contributed by atoms with Gasteiger partial charge in [0.15, 0.2) is 5.82 Å². The van der Waals surface area contributed by atoms with Crippen LogP contribution in [0, 0.1) is 18.3 Å². The molecule has 0 aliphatic rings. The number of nitrogens with zero attached hydrogens (tertiary/aromatic N) is 3. The average Bonchev–Trinajstić information content (AvgIpc) is 3.37. The number of rotatable bonds is 8. The Morgan fingerprint density at radius 2 is 1.97 bits per heavy atom. The van der Waals surface area contributed by atoms with Gasteiger partial charge >= 0.3 is 5.97 Å². The number of thioether (sulfide) groups is 1. The van der Waals surface area contributed by atoms with Gasteiger partial charge in [-0.05, 0) is 43.7 Å². The fourth-order valence-corrected chi connectivity index (χ4v) is 4.44. The molecule has 170 valence electrons. The minimum atomic E-state index is -0.523. The molecule has 3 rings (SSSR count). The van der Waals surface area contributed by atoms with Crippen LogP contribution in [0.5, 0.6) is 0 Å². The second-order valence-corrected chi connectivity index (χ2v) is 8.62.